The van der Waals surface area contributed by atoms with Crippen molar-refractivity contribution >= 4 is 5.69 Å². The number of rotatable bonds is 5. The second kappa shape index (κ2) is 6.92. The molecule has 3 heteroatoms. The number of nitrogens with zero attached hydrogens (tertiary/aromatic N) is 2. The van der Waals surface area contributed by atoms with Crippen LogP contribution in [0.1, 0.15) is 36.1 Å². The molecule has 21 heavy (non-hydrogen) atoms. The minimum absolute atomic E-state index is 0.392. The topological polar surface area (TPSA) is 47.3 Å². The van der Waals surface area contributed by atoms with E-state index < -0.39 is 6.10 Å². The molecule has 0 aromatic heterocycles. The van der Waals surface area contributed by atoms with Gasteiger partial charge >= 0.3 is 0 Å². The maximum absolute atomic E-state index is 9.81. The highest BCUT2D eigenvalue weighted by Gasteiger charge is 2.06. The maximum atomic E-state index is 9.81. The average molecular weight is 280 g/mol. The summed E-state index contributed by atoms with van der Waals surface area (Å²) >= 11 is 0. The molecule has 108 valence electrons. The fourth-order valence-corrected chi connectivity index (χ4v) is 2.29. The van der Waals surface area contributed by atoms with Crippen molar-refractivity contribution in [3.8, 4) is 6.07 Å². The number of benzene rings is 2. The van der Waals surface area contributed by atoms with Gasteiger partial charge in [0.05, 0.1) is 17.7 Å². The van der Waals surface area contributed by atoms with Crippen molar-refractivity contribution in [2.75, 3.05) is 11.9 Å². The first-order valence-corrected chi connectivity index (χ1v) is 7.12. The van der Waals surface area contributed by atoms with E-state index >= 15 is 0 Å². The Labute approximate surface area is 126 Å². The number of hydrogen-bond acceptors (Lipinski definition) is 3. The molecule has 0 unspecified atom stereocenters. The molecule has 0 aliphatic carbocycles. The Kier molecular flexibility index (Phi) is 4.97. The zero-order valence-electron chi connectivity index (χ0n) is 12.5. The van der Waals surface area contributed by atoms with Crippen LogP contribution >= 0.6 is 0 Å². The molecule has 2 aromatic carbocycles. The van der Waals surface area contributed by atoms with Gasteiger partial charge in [0.2, 0.25) is 0 Å². The molecule has 0 spiro atoms. The zero-order valence-corrected chi connectivity index (χ0v) is 12.5. The smallest absolute Gasteiger partial charge is 0.0991 e. The van der Waals surface area contributed by atoms with Gasteiger partial charge in [-0.2, -0.15) is 5.26 Å². The molecule has 3 nitrogen and oxygen atoms in total. The van der Waals surface area contributed by atoms with Crippen LogP contribution < -0.4 is 4.90 Å². The molecular formula is C18H20N2O. The molecule has 0 aliphatic heterocycles. The van der Waals surface area contributed by atoms with E-state index in [1.54, 1.807) is 0 Å². The van der Waals surface area contributed by atoms with E-state index in [1.807, 2.05) is 62.5 Å². The van der Waals surface area contributed by atoms with E-state index in [0.717, 1.165) is 29.8 Å². The number of anilines is 1. The Balaban J connectivity index is 2.09. The van der Waals surface area contributed by atoms with E-state index in [1.165, 1.54) is 0 Å². The fraction of sp³-hybridized carbons (Fsp3) is 0.278. The van der Waals surface area contributed by atoms with Crippen molar-refractivity contribution < 1.29 is 5.11 Å². The summed E-state index contributed by atoms with van der Waals surface area (Å²) in [6.07, 6.45) is 0.326. The second-order valence-corrected chi connectivity index (χ2v) is 5.18. The Morgan fingerprint density at radius 3 is 2.52 bits per heavy atom. The zero-order chi connectivity index (χ0) is 15.2. The largest absolute Gasteiger partial charge is 0.388 e. The molecule has 0 heterocycles. The van der Waals surface area contributed by atoms with Crippen LogP contribution in [-0.2, 0) is 6.54 Å². The summed E-state index contributed by atoms with van der Waals surface area (Å²) in [5.74, 6) is 0. The molecule has 1 N–H and O–H groups in total. The van der Waals surface area contributed by atoms with Crippen molar-refractivity contribution in [1.29, 1.82) is 5.26 Å². The van der Waals surface area contributed by atoms with Crippen molar-refractivity contribution in [1.82, 2.24) is 0 Å². The first kappa shape index (κ1) is 15.1. The van der Waals surface area contributed by atoms with Crippen LogP contribution in [0.25, 0.3) is 0 Å². The Bertz CT molecular complexity index is 628. The van der Waals surface area contributed by atoms with Crippen molar-refractivity contribution in [2.45, 2.75) is 26.0 Å². The van der Waals surface area contributed by atoms with Crippen molar-refractivity contribution in [2.24, 2.45) is 0 Å². The predicted molar refractivity (Wildman–Crippen MR) is 85.0 cm³/mol. The lowest BCUT2D eigenvalue weighted by molar-refractivity contribution is 0.173. The van der Waals surface area contributed by atoms with Gasteiger partial charge in [-0.05, 0) is 41.8 Å². The van der Waals surface area contributed by atoms with E-state index in [0.29, 0.717) is 5.56 Å². The summed E-state index contributed by atoms with van der Waals surface area (Å²) < 4.78 is 0. The molecule has 0 amide bonds. The standard InChI is InChI=1S/C18H20N2O/c1-3-18(21)16-7-9-17(10-8-16)20(2)13-15-6-4-5-14(11-15)12-19/h4-11,18,21H,3,13H2,1-2H3/t18-/m1/s1. The third kappa shape index (κ3) is 3.84. The summed E-state index contributed by atoms with van der Waals surface area (Å²) in [5, 5.41) is 18.7. The van der Waals surface area contributed by atoms with Gasteiger partial charge in [0.15, 0.2) is 0 Å². The van der Waals surface area contributed by atoms with E-state index in [-0.39, 0.29) is 0 Å². The third-order valence-corrected chi connectivity index (χ3v) is 3.58. The highest BCUT2D eigenvalue weighted by molar-refractivity contribution is 5.48. The maximum Gasteiger partial charge on any atom is 0.0991 e. The molecule has 0 aliphatic rings. The summed E-state index contributed by atoms with van der Waals surface area (Å²) in [5.41, 5.74) is 3.82. The van der Waals surface area contributed by atoms with Crippen LogP contribution in [0.3, 0.4) is 0 Å². The highest BCUT2D eigenvalue weighted by Crippen LogP contribution is 2.21. The van der Waals surface area contributed by atoms with Crippen LogP contribution in [-0.4, -0.2) is 12.2 Å². The lowest BCUT2D eigenvalue weighted by atomic mass is 10.1. The lowest BCUT2D eigenvalue weighted by Gasteiger charge is -2.20. The summed E-state index contributed by atoms with van der Waals surface area (Å²) in [6.45, 7) is 2.71. The van der Waals surface area contributed by atoms with Gasteiger partial charge in [-0.1, -0.05) is 31.2 Å². The van der Waals surface area contributed by atoms with E-state index in [9.17, 15) is 5.11 Å². The summed E-state index contributed by atoms with van der Waals surface area (Å²) in [4.78, 5) is 2.12. The van der Waals surface area contributed by atoms with Gasteiger partial charge in [-0.25, -0.2) is 0 Å². The molecule has 0 saturated carbocycles. The minimum Gasteiger partial charge on any atom is -0.388 e. The van der Waals surface area contributed by atoms with Crippen molar-refractivity contribution in [3.05, 3.63) is 65.2 Å². The van der Waals surface area contributed by atoms with Gasteiger partial charge in [0, 0.05) is 19.3 Å². The fourth-order valence-electron chi connectivity index (χ4n) is 2.29. The van der Waals surface area contributed by atoms with Crippen LogP contribution in [0.5, 0.6) is 0 Å². The molecule has 1 atom stereocenters. The van der Waals surface area contributed by atoms with E-state index in [4.69, 9.17) is 5.26 Å². The molecule has 2 rings (SSSR count). The average Bonchev–Trinajstić information content (AvgIpc) is 2.54. The Morgan fingerprint density at radius 1 is 1.19 bits per heavy atom. The lowest BCUT2D eigenvalue weighted by Crippen LogP contribution is -2.16. The SMILES string of the molecule is CC[C@@H](O)c1ccc(N(C)Cc2cccc(C#N)c2)cc1. The summed E-state index contributed by atoms with van der Waals surface area (Å²) in [6, 6.07) is 17.8. The number of aliphatic hydroxyl groups is 1. The molecule has 0 radical (unpaired) electrons. The third-order valence-electron chi connectivity index (χ3n) is 3.58. The van der Waals surface area contributed by atoms with Crippen LogP contribution in [0.15, 0.2) is 48.5 Å². The predicted octanol–water partition coefficient (Wildman–Crippen LogP) is 3.64. The van der Waals surface area contributed by atoms with Gasteiger partial charge in [0.25, 0.3) is 0 Å². The quantitative estimate of drug-likeness (QED) is 0.909. The van der Waals surface area contributed by atoms with Gasteiger partial charge < -0.3 is 10.0 Å². The highest BCUT2D eigenvalue weighted by atomic mass is 16.3. The molecule has 0 bridgehead atoms. The second-order valence-electron chi connectivity index (χ2n) is 5.18. The number of nitriles is 1. The molecule has 0 fully saturated rings. The van der Waals surface area contributed by atoms with Crippen molar-refractivity contribution in [3.63, 3.8) is 0 Å². The first-order chi connectivity index (χ1) is 10.1. The van der Waals surface area contributed by atoms with Crippen LogP contribution in [0.4, 0.5) is 5.69 Å². The normalized spacial score (nSPS) is 11.7. The van der Waals surface area contributed by atoms with E-state index in [2.05, 4.69) is 11.0 Å². The van der Waals surface area contributed by atoms with Gasteiger partial charge in [-0.3, -0.25) is 0 Å². The Hall–Kier alpha value is -2.31. The molecule has 0 saturated heterocycles. The van der Waals surface area contributed by atoms with Gasteiger partial charge in [-0.15, -0.1) is 0 Å². The first-order valence-electron chi connectivity index (χ1n) is 7.12. The Morgan fingerprint density at radius 2 is 1.90 bits per heavy atom. The molecule has 2 aromatic rings. The minimum atomic E-state index is -0.392. The van der Waals surface area contributed by atoms with Gasteiger partial charge in [0.1, 0.15) is 0 Å². The number of aliphatic hydroxyl groups excluding tert-OH is 1. The molecular weight excluding hydrogens is 260 g/mol. The monoisotopic (exact) mass is 280 g/mol. The van der Waals surface area contributed by atoms with Crippen LogP contribution in [0, 0.1) is 11.3 Å². The number of hydrogen-bond donors (Lipinski definition) is 1. The van der Waals surface area contributed by atoms with Crippen LogP contribution in [0.2, 0.25) is 0 Å². The summed E-state index contributed by atoms with van der Waals surface area (Å²) in [7, 11) is 2.02.